The molecule has 1 heterocycles. The molecule has 1 aliphatic heterocycles. The second-order valence-electron chi connectivity index (χ2n) is 5.53. The van der Waals surface area contributed by atoms with Gasteiger partial charge in [0.05, 0.1) is 4.92 Å². The topological polar surface area (TPSA) is 145 Å². The molecule has 28 heavy (non-hydrogen) atoms. The zero-order chi connectivity index (χ0) is 20.3. The molecular formula is C18H11N3O7. The van der Waals surface area contributed by atoms with Gasteiger partial charge in [-0.1, -0.05) is 24.3 Å². The van der Waals surface area contributed by atoms with Crippen molar-refractivity contribution in [3.8, 4) is 5.75 Å². The van der Waals surface area contributed by atoms with Gasteiger partial charge >= 0.3 is 12.0 Å². The van der Waals surface area contributed by atoms with Crippen LogP contribution in [0, 0.1) is 10.1 Å². The largest absolute Gasteiger partial charge is 0.423 e. The third-order valence-corrected chi connectivity index (χ3v) is 3.67. The highest BCUT2D eigenvalue weighted by Gasteiger charge is 2.27. The van der Waals surface area contributed by atoms with Crippen LogP contribution in [0.15, 0.2) is 54.1 Å². The van der Waals surface area contributed by atoms with Gasteiger partial charge in [0.1, 0.15) is 16.9 Å². The van der Waals surface area contributed by atoms with Crippen LogP contribution in [0.4, 0.5) is 10.5 Å². The zero-order valence-corrected chi connectivity index (χ0v) is 14.0. The zero-order valence-electron chi connectivity index (χ0n) is 14.0. The second-order valence-corrected chi connectivity index (χ2v) is 5.53. The summed E-state index contributed by atoms with van der Waals surface area (Å²) in [4.78, 5) is 56.9. The highest BCUT2D eigenvalue weighted by atomic mass is 16.6. The quantitative estimate of drug-likeness (QED) is 0.204. The Morgan fingerprint density at radius 2 is 1.57 bits per heavy atom. The van der Waals surface area contributed by atoms with Gasteiger partial charge in [-0.2, -0.15) is 0 Å². The van der Waals surface area contributed by atoms with E-state index in [1.54, 1.807) is 0 Å². The van der Waals surface area contributed by atoms with Crippen LogP contribution in [-0.2, 0) is 9.59 Å². The molecule has 10 nitrogen and oxygen atoms in total. The number of hydrogen-bond acceptors (Lipinski definition) is 7. The molecule has 0 aromatic heterocycles. The number of hydrogen-bond donors (Lipinski definition) is 2. The lowest BCUT2D eigenvalue weighted by Gasteiger charge is -2.13. The van der Waals surface area contributed by atoms with E-state index in [4.69, 9.17) is 4.74 Å². The average Bonchev–Trinajstić information content (AvgIpc) is 2.66. The van der Waals surface area contributed by atoms with E-state index in [2.05, 4.69) is 0 Å². The maximum absolute atomic E-state index is 12.2. The van der Waals surface area contributed by atoms with Gasteiger partial charge in [0.2, 0.25) is 0 Å². The molecule has 0 bridgehead atoms. The molecule has 0 aliphatic carbocycles. The number of para-hydroxylation sites is 1. The Morgan fingerprint density at radius 1 is 0.964 bits per heavy atom. The molecule has 2 N–H and O–H groups in total. The number of nitro groups is 1. The van der Waals surface area contributed by atoms with Crippen molar-refractivity contribution in [2.24, 2.45) is 0 Å². The summed E-state index contributed by atoms with van der Waals surface area (Å²) in [6.45, 7) is 0. The van der Waals surface area contributed by atoms with Crippen molar-refractivity contribution in [1.82, 2.24) is 10.6 Å². The van der Waals surface area contributed by atoms with Gasteiger partial charge in [-0.25, -0.2) is 9.59 Å². The van der Waals surface area contributed by atoms with Crippen molar-refractivity contribution in [1.29, 1.82) is 0 Å². The number of amides is 4. The van der Waals surface area contributed by atoms with Crippen LogP contribution in [0.2, 0.25) is 0 Å². The van der Waals surface area contributed by atoms with Crippen molar-refractivity contribution in [2.75, 3.05) is 0 Å². The van der Waals surface area contributed by atoms with E-state index >= 15 is 0 Å². The summed E-state index contributed by atoms with van der Waals surface area (Å²) in [6.07, 6.45) is 1.25. The Hall–Kier alpha value is -4.34. The van der Waals surface area contributed by atoms with E-state index < -0.39 is 28.7 Å². The summed E-state index contributed by atoms with van der Waals surface area (Å²) < 4.78 is 5.13. The Kier molecular flexibility index (Phi) is 4.94. The van der Waals surface area contributed by atoms with Crippen LogP contribution in [0.25, 0.3) is 6.08 Å². The van der Waals surface area contributed by atoms with Gasteiger partial charge in [-0.05, 0) is 29.8 Å². The molecule has 140 valence electrons. The first-order valence-electron chi connectivity index (χ1n) is 7.79. The molecule has 10 heteroatoms. The molecule has 0 spiro atoms. The highest BCUT2D eigenvalue weighted by Crippen LogP contribution is 2.21. The lowest BCUT2D eigenvalue weighted by atomic mass is 10.1. The number of nitrogens with one attached hydrogen (secondary N) is 2. The maximum Gasteiger partial charge on any atom is 0.350 e. The molecule has 0 radical (unpaired) electrons. The van der Waals surface area contributed by atoms with Crippen LogP contribution >= 0.6 is 0 Å². The van der Waals surface area contributed by atoms with Crippen molar-refractivity contribution >= 4 is 35.6 Å². The molecule has 0 saturated carbocycles. The summed E-state index contributed by atoms with van der Waals surface area (Å²) in [7, 11) is 0. The molecule has 1 saturated heterocycles. The third-order valence-electron chi connectivity index (χ3n) is 3.67. The first-order chi connectivity index (χ1) is 13.3. The number of barbiturate groups is 1. The third kappa shape index (κ3) is 3.90. The Morgan fingerprint density at radius 3 is 2.18 bits per heavy atom. The molecule has 1 fully saturated rings. The number of ether oxygens (including phenoxy) is 1. The predicted molar refractivity (Wildman–Crippen MR) is 94.2 cm³/mol. The molecule has 0 unspecified atom stereocenters. The van der Waals surface area contributed by atoms with E-state index in [1.165, 1.54) is 54.6 Å². The fraction of sp³-hybridized carbons (Fsp3) is 0. The van der Waals surface area contributed by atoms with Crippen LogP contribution in [-0.4, -0.2) is 28.7 Å². The molecule has 2 aromatic rings. The number of nitrogens with zero attached hydrogens (tertiary/aromatic N) is 1. The first-order valence-corrected chi connectivity index (χ1v) is 7.79. The first kappa shape index (κ1) is 18.5. The second kappa shape index (κ2) is 7.50. The smallest absolute Gasteiger partial charge is 0.350 e. The highest BCUT2D eigenvalue weighted by molar-refractivity contribution is 6.31. The Balaban J connectivity index is 1.77. The minimum absolute atomic E-state index is 0.109. The molecule has 2 aromatic carbocycles. The fourth-order valence-electron chi connectivity index (χ4n) is 2.37. The normalized spacial score (nSPS) is 13.4. The van der Waals surface area contributed by atoms with Gasteiger partial charge in [0.15, 0.2) is 0 Å². The lowest BCUT2D eigenvalue weighted by molar-refractivity contribution is -0.385. The number of esters is 1. The molecule has 1 aliphatic rings. The van der Waals surface area contributed by atoms with E-state index in [0.29, 0.717) is 5.56 Å². The van der Waals surface area contributed by atoms with Crippen LogP contribution in [0.5, 0.6) is 5.75 Å². The van der Waals surface area contributed by atoms with E-state index in [0.717, 1.165) is 0 Å². The van der Waals surface area contributed by atoms with Gasteiger partial charge in [-0.15, -0.1) is 0 Å². The maximum atomic E-state index is 12.2. The number of carbonyl (C=O) groups excluding carboxylic acids is 4. The average molecular weight is 381 g/mol. The number of urea groups is 1. The van der Waals surface area contributed by atoms with E-state index in [9.17, 15) is 29.3 Å². The Bertz CT molecular complexity index is 1020. The number of rotatable bonds is 4. The lowest BCUT2D eigenvalue weighted by Crippen LogP contribution is -2.51. The van der Waals surface area contributed by atoms with Crippen molar-refractivity contribution in [3.63, 3.8) is 0 Å². The number of imide groups is 2. The molecule has 3 rings (SSSR count). The minimum atomic E-state index is -0.900. The monoisotopic (exact) mass is 381 g/mol. The molecule has 0 atom stereocenters. The summed E-state index contributed by atoms with van der Waals surface area (Å²) in [5.41, 5.74) is -0.402. The van der Waals surface area contributed by atoms with Gasteiger partial charge in [0.25, 0.3) is 17.5 Å². The Labute approximate surface area is 156 Å². The van der Waals surface area contributed by atoms with Crippen LogP contribution in [0.3, 0.4) is 0 Å². The summed E-state index contributed by atoms with van der Waals surface area (Å²) in [5, 5.41) is 14.9. The van der Waals surface area contributed by atoms with Crippen molar-refractivity contribution in [3.05, 3.63) is 75.3 Å². The fourth-order valence-corrected chi connectivity index (χ4v) is 2.37. The van der Waals surface area contributed by atoms with Crippen LogP contribution < -0.4 is 15.4 Å². The van der Waals surface area contributed by atoms with E-state index in [1.807, 2.05) is 10.6 Å². The van der Waals surface area contributed by atoms with Crippen molar-refractivity contribution < 1.29 is 28.8 Å². The number of benzene rings is 2. The number of nitro benzene ring substituents is 1. The minimum Gasteiger partial charge on any atom is -0.423 e. The van der Waals surface area contributed by atoms with Gasteiger partial charge in [-0.3, -0.25) is 30.3 Å². The van der Waals surface area contributed by atoms with Crippen molar-refractivity contribution in [2.45, 2.75) is 0 Å². The summed E-state index contributed by atoms with van der Waals surface area (Å²) in [6, 6.07) is 10.2. The SMILES string of the molecule is O=C1NC(=O)C(=Cc2ccc(OC(=O)c3ccccc3[N+](=O)[O-])cc2)C(=O)N1. The van der Waals surface area contributed by atoms with Crippen LogP contribution in [0.1, 0.15) is 15.9 Å². The van der Waals surface area contributed by atoms with Gasteiger partial charge < -0.3 is 4.74 Å². The summed E-state index contributed by atoms with van der Waals surface area (Å²) >= 11 is 0. The summed E-state index contributed by atoms with van der Waals surface area (Å²) in [5.74, 6) is -2.46. The molecule has 4 amide bonds. The van der Waals surface area contributed by atoms with E-state index in [-0.39, 0.29) is 22.6 Å². The van der Waals surface area contributed by atoms with Gasteiger partial charge in [0, 0.05) is 6.07 Å². The number of carbonyl (C=O) groups is 4. The molecular weight excluding hydrogens is 370 g/mol. The standard InChI is InChI=1S/C18H11N3O7/c22-15-13(16(23)20-18(25)19-15)9-10-5-7-11(8-6-10)28-17(24)12-3-1-2-4-14(12)21(26)27/h1-9H,(H2,19,20,22,23,25). The predicted octanol–water partition coefficient (Wildman–Crippen LogP) is 1.56.